The van der Waals surface area contributed by atoms with Gasteiger partial charge in [0.1, 0.15) is 0 Å². The minimum Gasteiger partial charge on any atom is -0.374 e. The lowest BCUT2D eigenvalue weighted by atomic mass is 10.0. The summed E-state index contributed by atoms with van der Waals surface area (Å²) in [5.41, 5.74) is 5.86. The lowest BCUT2D eigenvalue weighted by molar-refractivity contribution is -0.0501. The zero-order valence-electron chi connectivity index (χ0n) is 11.1. The number of likely N-dealkylation sites (tertiary alicyclic amines) is 1. The summed E-state index contributed by atoms with van der Waals surface area (Å²) >= 11 is 0. The number of morpholine rings is 1. The molecule has 0 bridgehead atoms. The molecule has 2 saturated heterocycles. The van der Waals surface area contributed by atoms with E-state index in [1.54, 1.807) is 0 Å². The smallest absolute Gasteiger partial charge is 0.0829 e. The number of rotatable bonds is 4. The third kappa shape index (κ3) is 3.65. The normalized spacial score (nSPS) is 32.8. The number of nitrogens with zero attached hydrogens (tertiary/aromatic N) is 2. The summed E-state index contributed by atoms with van der Waals surface area (Å²) < 4.78 is 5.88. The van der Waals surface area contributed by atoms with Crippen LogP contribution in [0.5, 0.6) is 0 Å². The van der Waals surface area contributed by atoms with Gasteiger partial charge in [0.15, 0.2) is 0 Å². The van der Waals surface area contributed by atoms with E-state index in [-0.39, 0.29) is 0 Å². The summed E-state index contributed by atoms with van der Waals surface area (Å²) in [6.07, 6.45) is 4.31. The van der Waals surface area contributed by atoms with E-state index in [4.69, 9.17) is 10.5 Å². The molecule has 2 aliphatic rings. The van der Waals surface area contributed by atoms with Crippen LogP contribution in [0, 0.1) is 0 Å². The molecule has 4 heteroatoms. The molecule has 0 amide bonds. The number of piperidine rings is 1. The Balaban J connectivity index is 1.81. The van der Waals surface area contributed by atoms with E-state index >= 15 is 0 Å². The Morgan fingerprint density at radius 1 is 1.29 bits per heavy atom. The van der Waals surface area contributed by atoms with E-state index in [0.717, 1.165) is 39.3 Å². The molecule has 2 heterocycles. The van der Waals surface area contributed by atoms with Crippen molar-refractivity contribution in [2.75, 3.05) is 45.9 Å². The Kier molecular flexibility index (Phi) is 5.22. The molecule has 17 heavy (non-hydrogen) atoms. The quantitative estimate of drug-likeness (QED) is 0.779. The van der Waals surface area contributed by atoms with E-state index in [1.165, 1.54) is 25.8 Å². The maximum absolute atomic E-state index is 5.88. The molecule has 2 unspecified atom stereocenters. The molecule has 2 atom stereocenters. The van der Waals surface area contributed by atoms with Crippen molar-refractivity contribution in [1.29, 1.82) is 0 Å². The van der Waals surface area contributed by atoms with Crippen molar-refractivity contribution >= 4 is 0 Å². The van der Waals surface area contributed by atoms with Gasteiger partial charge in [0.25, 0.3) is 0 Å². The van der Waals surface area contributed by atoms with Gasteiger partial charge in [-0.05, 0) is 25.9 Å². The second-order valence-electron chi connectivity index (χ2n) is 5.27. The molecule has 2 rings (SSSR count). The van der Waals surface area contributed by atoms with Crippen LogP contribution in [0.3, 0.4) is 0 Å². The average molecular weight is 241 g/mol. The molecule has 0 aliphatic carbocycles. The zero-order valence-corrected chi connectivity index (χ0v) is 11.1. The zero-order chi connectivity index (χ0) is 12.1. The first-order chi connectivity index (χ1) is 8.33. The van der Waals surface area contributed by atoms with Gasteiger partial charge in [0, 0.05) is 32.2 Å². The first-order valence-corrected chi connectivity index (χ1v) is 7.11. The standard InChI is InChI=1S/C13H27N3O/c1-2-15-7-8-17-13(10-15)11-16-6-4-3-5-12(16)9-14/h12-13H,2-11,14H2,1H3. The highest BCUT2D eigenvalue weighted by molar-refractivity contribution is 4.82. The molecule has 0 saturated carbocycles. The maximum atomic E-state index is 5.88. The number of ether oxygens (including phenoxy) is 1. The lowest BCUT2D eigenvalue weighted by Gasteiger charge is -2.40. The molecule has 100 valence electrons. The largest absolute Gasteiger partial charge is 0.374 e. The van der Waals surface area contributed by atoms with E-state index in [2.05, 4.69) is 16.7 Å². The van der Waals surface area contributed by atoms with Crippen molar-refractivity contribution in [2.24, 2.45) is 5.73 Å². The van der Waals surface area contributed by atoms with Crippen LogP contribution in [0.2, 0.25) is 0 Å². The van der Waals surface area contributed by atoms with Crippen molar-refractivity contribution in [3.05, 3.63) is 0 Å². The van der Waals surface area contributed by atoms with Gasteiger partial charge in [-0.25, -0.2) is 0 Å². The van der Waals surface area contributed by atoms with Crippen molar-refractivity contribution in [1.82, 2.24) is 9.80 Å². The number of hydrogen-bond acceptors (Lipinski definition) is 4. The van der Waals surface area contributed by atoms with E-state index in [9.17, 15) is 0 Å². The van der Waals surface area contributed by atoms with Gasteiger partial charge >= 0.3 is 0 Å². The molecule has 2 N–H and O–H groups in total. The molecule has 2 aliphatic heterocycles. The molecule has 4 nitrogen and oxygen atoms in total. The van der Waals surface area contributed by atoms with Gasteiger partial charge in [0.2, 0.25) is 0 Å². The highest BCUT2D eigenvalue weighted by Gasteiger charge is 2.26. The Morgan fingerprint density at radius 3 is 2.94 bits per heavy atom. The van der Waals surface area contributed by atoms with E-state index in [0.29, 0.717) is 12.1 Å². The van der Waals surface area contributed by atoms with Crippen LogP contribution in [0.1, 0.15) is 26.2 Å². The summed E-state index contributed by atoms with van der Waals surface area (Å²) in [5.74, 6) is 0. The lowest BCUT2D eigenvalue weighted by Crippen LogP contribution is -2.52. The second-order valence-corrected chi connectivity index (χ2v) is 5.27. The first kappa shape index (κ1) is 13.3. The fourth-order valence-electron chi connectivity index (χ4n) is 3.01. The minimum absolute atomic E-state index is 0.385. The second kappa shape index (κ2) is 6.69. The van der Waals surface area contributed by atoms with Crippen LogP contribution in [-0.4, -0.2) is 67.8 Å². The average Bonchev–Trinajstić information content (AvgIpc) is 2.39. The van der Waals surface area contributed by atoms with Gasteiger partial charge in [-0.15, -0.1) is 0 Å². The molecular weight excluding hydrogens is 214 g/mol. The third-order valence-electron chi connectivity index (χ3n) is 4.13. The SMILES string of the molecule is CCN1CCOC(CN2CCCCC2CN)C1. The molecule has 0 spiro atoms. The Bertz CT molecular complexity index is 225. The Hall–Kier alpha value is -0.160. The summed E-state index contributed by atoms with van der Waals surface area (Å²) in [7, 11) is 0. The summed E-state index contributed by atoms with van der Waals surface area (Å²) in [6.45, 7) is 9.50. The summed E-state index contributed by atoms with van der Waals surface area (Å²) in [5, 5.41) is 0. The number of likely N-dealkylation sites (N-methyl/N-ethyl adjacent to an activating group) is 1. The maximum Gasteiger partial charge on any atom is 0.0829 e. The molecular formula is C13H27N3O. The van der Waals surface area contributed by atoms with Gasteiger partial charge in [-0.2, -0.15) is 0 Å². The fraction of sp³-hybridized carbons (Fsp3) is 1.00. The van der Waals surface area contributed by atoms with Gasteiger partial charge < -0.3 is 10.5 Å². The van der Waals surface area contributed by atoms with Crippen LogP contribution in [0.4, 0.5) is 0 Å². The van der Waals surface area contributed by atoms with Crippen LogP contribution in [0.25, 0.3) is 0 Å². The Labute approximate surface area is 105 Å². The van der Waals surface area contributed by atoms with Gasteiger partial charge in [0.05, 0.1) is 12.7 Å². The highest BCUT2D eigenvalue weighted by atomic mass is 16.5. The summed E-state index contributed by atoms with van der Waals surface area (Å²) in [6, 6.07) is 0.587. The van der Waals surface area contributed by atoms with E-state index in [1.807, 2.05) is 0 Å². The summed E-state index contributed by atoms with van der Waals surface area (Å²) in [4.78, 5) is 5.03. The predicted molar refractivity (Wildman–Crippen MR) is 70.1 cm³/mol. The van der Waals surface area contributed by atoms with E-state index < -0.39 is 0 Å². The van der Waals surface area contributed by atoms with Crippen LogP contribution >= 0.6 is 0 Å². The van der Waals surface area contributed by atoms with Crippen molar-refractivity contribution < 1.29 is 4.74 Å². The topological polar surface area (TPSA) is 41.7 Å². The van der Waals surface area contributed by atoms with Crippen LogP contribution in [0.15, 0.2) is 0 Å². The predicted octanol–water partition coefficient (Wildman–Crippen LogP) is 0.520. The number of nitrogens with two attached hydrogens (primary N) is 1. The highest BCUT2D eigenvalue weighted by Crippen LogP contribution is 2.18. The van der Waals surface area contributed by atoms with Crippen LogP contribution < -0.4 is 5.73 Å². The van der Waals surface area contributed by atoms with Crippen molar-refractivity contribution in [2.45, 2.75) is 38.3 Å². The molecule has 0 aromatic heterocycles. The van der Waals surface area contributed by atoms with Crippen LogP contribution in [-0.2, 0) is 4.74 Å². The molecule has 0 aromatic carbocycles. The minimum atomic E-state index is 0.385. The Morgan fingerprint density at radius 2 is 2.18 bits per heavy atom. The van der Waals surface area contributed by atoms with Gasteiger partial charge in [-0.1, -0.05) is 13.3 Å². The third-order valence-corrected chi connectivity index (χ3v) is 4.13. The monoisotopic (exact) mass is 241 g/mol. The number of hydrogen-bond donors (Lipinski definition) is 1. The fourth-order valence-corrected chi connectivity index (χ4v) is 3.01. The first-order valence-electron chi connectivity index (χ1n) is 7.11. The molecule has 0 aromatic rings. The van der Waals surface area contributed by atoms with Crippen molar-refractivity contribution in [3.63, 3.8) is 0 Å². The van der Waals surface area contributed by atoms with Gasteiger partial charge in [-0.3, -0.25) is 9.80 Å². The molecule has 0 radical (unpaired) electrons. The van der Waals surface area contributed by atoms with Crippen molar-refractivity contribution in [3.8, 4) is 0 Å². The molecule has 2 fully saturated rings.